The number of hydrogen-bond donors (Lipinski definition) is 0. The van der Waals surface area contributed by atoms with Crippen molar-refractivity contribution in [1.29, 1.82) is 0 Å². The quantitative estimate of drug-likeness (QED) is 0.488. The monoisotopic (exact) mass is 180 g/mol. The number of thioether (sulfide) groups is 1. The fourth-order valence-electron chi connectivity index (χ4n) is 0.442. The minimum atomic E-state index is -4.30. The Labute approximate surface area is 64.9 Å². The summed E-state index contributed by atoms with van der Waals surface area (Å²) in [6.45, 7) is 0. The minimum absolute atomic E-state index is 0.278. The lowest BCUT2D eigenvalue weighted by Crippen LogP contribution is -2.00. The Balaban J connectivity index is 2.66. The molecule has 0 aromatic carbocycles. The van der Waals surface area contributed by atoms with Crippen molar-refractivity contribution in [2.45, 2.75) is 10.7 Å². The van der Waals surface area contributed by atoms with Gasteiger partial charge in [-0.15, -0.1) is 0 Å². The Kier molecular flexibility index (Phi) is 2.33. The number of halogens is 3. The van der Waals surface area contributed by atoms with E-state index in [1.807, 2.05) is 0 Å². The molecule has 0 radical (unpaired) electrons. The van der Waals surface area contributed by atoms with E-state index in [1.54, 1.807) is 0 Å². The van der Waals surface area contributed by atoms with Crippen molar-refractivity contribution in [3.05, 3.63) is 18.5 Å². The van der Waals surface area contributed by atoms with Gasteiger partial charge in [0.25, 0.3) is 0 Å². The highest BCUT2D eigenvalue weighted by Gasteiger charge is 2.30. The standard InChI is InChI=1S/C5H3F3N2S/c6-5(7,8)11-4-9-2-1-3-10-4/h1-3H. The summed E-state index contributed by atoms with van der Waals surface area (Å²) in [7, 11) is 0. The molecule has 60 valence electrons. The zero-order chi connectivity index (χ0) is 8.32. The molecule has 0 aliphatic heterocycles. The fourth-order valence-corrected chi connectivity index (χ4v) is 0.876. The van der Waals surface area contributed by atoms with Crippen LogP contribution in [0.3, 0.4) is 0 Å². The first kappa shape index (κ1) is 8.32. The number of hydrogen-bond acceptors (Lipinski definition) is 3. The highest BCUT2D eigenvalue weighted by Crippen LogP contribution is 2.34. The van der Waals surface area contributed by atoms with Crippen molar-refractivity contribution < 1.29 is 13.2 Å². The molecule has 0 atom stereocenters. The van der Waals surface area contributed by atoms with Crippen LogP contribution in [-0.4, -0.2) is 15.5 Å². The number of rotatable bonds is 1. The number of alkyl halides is 3. The molecule has 11 heavy (non-hydrogen) atoms. The van der Waals surface area contributed by atoms with Gasteiger partial charge in [-0.05, 0) is 6.07 Å². The first-order chi connectivity index (χ1) is 5.08. The minimum Gasteiger partial charge on any atom is -0.231 e. The van der Waals surface area contributed by atoms with Gasteiger partial charge in [-0.1, -0.05) is 0 Å². The van der Waals surface area contributed by atoms with Gasteiger partial charge in [0.05, 0.1) is 0 Å². The fraction of sp³-hybridized carbons (Fsp3) is 0.200. The zero-order valence-corrected chi connectivity index (χ0v) is 5.99. The third-order valence-electron chi connectivity index (χ3n) is 0.749. The van der Waals surface area contributed by atoms with Crippen molar-refractivity contribution in [1.82, 2.24) is 9.97 Å². The molecule has 0 saturated heterocycles. The molecule has 1 aromatic rings. The van der Waals surface area contributed by atoms with E-state index < -0.39 is 5.51 Å². The van der Waals surface area contributed by atoms with Gasteiger partial charge in [-0.3, -0.25) is 0 Å². The van der Waals surface area contributed by atoms with E-state index in [2.05, 4.69) is 9.97 Å². The van der Waals surface area contributed by atoms with Crippen LogP contribution >= 0.6 is 11.8 Å². The maximum absolute atomic E-state index is 11.6. The van der Waals surface area contributed by atoms with E-state index in [0.717, 1.165) is 0 Å². The van der Waals surface area contributed by atoms with Gasteiger partial charge in [0.2, 0.25) is 0 Å². The van der Waals surface area contributed by atoms with Gasteiger partial charge in [0, 0.05) is 24.2 Å². The molecule has 0 unspecified atom stereocenters. The van der Waals surface area contributed by atoms with Crippen LogP contribution in [0.5, 0.6) is 0 Å². The second-order valence-corrected chi connectivity index (χ2v) is 2.61. The van der Waals surface area contributed by atoms with Crippen molar-refractivity contribution in [3.8, 4) is 0 Å². The predicted molar refractivity (Wildman–Crippen MR) is 33.9 cm³/mol. The van der Waals surface area contributed by atoms with Crippen molar-refractivity contribution in [2.75, 3.05) is 0 Å². The largest absolute Gasteiger partial charge is 0.449 e. The molecular weight excluding hydrogens is 177 g/mol. The highest BCUT2D eigenvalue weighted by molar-refractivity contribution is 8.00. The molecule has 0 spiro atoms. The maximum Gasteiger partial charge on any atom is 0.449 e. The topological polar surface area (TPSA) is 25.8 Å². The first-order valence-electron chi connectivity index (χ1n) is 2.61. The summed E-state index contributed by atoms with van der Waals surface area (Å²) in [5, 5.41) is -0.278. The SMILES string of the molecule is FC(F)(F)Sc1ncccn1. The summed E-state index contributed by atoms with van der Waals surface area (Å²) in [5.41, 5.74) is -4.30. The first-order valence-corrected chi connectivity index (χ1v) is 3.42. The smallest absolute Gasteiger partial charge is 0.231 e. The molecule has 0 amide bonds. The second-order valence-electron chi connectivity index (χ2n) is 1.58. The van der Waals surface area contributed by atoms with Gasteiger partial charge in [0.1, 0.15) is 0 Å². The van der Waals surface area contributed by atoms with Crippen LogP contribution in [-0.2, 0) is 0 Å². The molecule has 2 nitrogen and oxygen atoms in total. The zero-order valence-electron chi connectivity index (χ0n) is 5.17. The van der Waals surface area contributed by atoms with Crippen LogP contribution in [0.1, 0.15) is 0 Å². The Morgan fingerprint density at radius 2 is 1.73 bits per heavy atom. The predicted octanol–water partition coefficient (Wildman–Crippen LogP) is 2.09. The molecular formula is C5H3F3N2S. The average molecular weight is 180 g/mol. The summed E-state index contributed by atoms with van der Waals surface area (Å²) in [6.07, 6.45) is 2.53. The van der Waals surface area contributed by atoms with Gasteiger partial charge >= 0.3 is 5.51 Å². The second kappa shape index (κ2) is 3.08. The summed E-state index contributed by atoms with van der Waals surface area (Å²) >= 11 is -0.321. The van der Waals surface area contributed by atoms with Crippen molar-refractivity contribution in [2.24, 2.45) is 0 Å². The lowest BCUT2D eigenvalue weighted by Gasteiger charge is -2.01. The summed E-state index contributed by atoms with van der Waals surface area (Å²) in [4.78, 5) is 6.79. The van der Waals surface area contributed by atoms with E-state index in [4.69, 9.17) is 0 Å². The molecule has 0 fully saturated rings. The highest BCUT2D eigenvalue weighted by atomic mass is 32.2. The van der Waals surface area contributed by atoms with Gasteiger partial charge in [-0.25, -0.2) is 9.97 Å². The third-order valence-corrected chi connectivity index (χ3v) is 1.37. The van der Waals surface area contributed by atoms with E-state index in [0.29, 0.717) is 0 Å². The maximum atomic E-state index is 11.6. The Hall–Kier alpha value is -0.780. The van der Waals surface area contributed by atoms with Crippen LogP contribution in [0.15, 0.2) is 23.6 Å². The lowest BCUT2D eigenvalue weighted by molar-refractivity contribution is -0.0331. The number of aromatic nitrogens is 2. The van der Waals surface area contributed by atoms with E-state index in [-0.39, 0.29) is 16.9 Å². The molecule has 0 aliphatic carbocycles. The molecule has 1 heterocycles. The Morgan fingerprint density at radius 1 is 1.18 bits per heavy atom. The molecule has 0 N–H and O–H groups in total. The number of nitrogens with zero attached hydrogens (tertiary/aromatic N) is 2. The van der Waals surface area contributed by atoms with Crippen LogP contribution in [0, 0.1) is 0 Å². The van der Waals surface area contributed by atoms with E-state index in [1.165, 1.54) is 18.5 Å². The third kappa shape index (κ3) is 3.22. The van der Waals surface area contributed by atoms with Gasteiger partial charge < -0.3 is 0 Å². The van der Waals surface area contributed by atoms with E-state index in [9.17, 15) is 13.2 Å². The normalized spacial score (nSPS) is 11.5. The van der Waals surface area contributed by atoms with Crippen LogP contribution in [0.25, 0.3) is 0 Å². The van der Waals surface area contributed by atoms with E-state index >= 15 is 0 Å². The van der Waals surface area contributed by atoms with Gasteiger partial charge in [-0.2, -0.15) is 13.2 Å². The summed E-state index contributed by atoms with van der Waals surface area (Å²) in [6, 6.07) is 1.46. The molecule has 0 aliphatic rings. The molecule has 0 saturated carbocycles. The summed E-state index contributed by atoms with van der Waals surface area (Å²) < 4.78 is 34.9. The molecule has 1 aromatic heterocycles. The van der Waals surface area contributed by atoms with Crippen molar-refractivity contribution >= 4 is 11.8 Å². The molecule has 1 rings (SSSR count). The Bertz CT molecular complexity index is 223. The average Bonchev–Trinajstić information content (AvgIpc) is 1.85. The molecule has 0 bridgehead atoms. The Morgan fingerprint density at radius 3 is 2.18 bits per heavy atom. The van der Waals surface area contributed by atoms with Crippen LogP contribution < -0.4 is 0 Å². The van der Waals surface area contributed by atoms with Crippen LogP contribution in [0.2, 0.25) is 0 Å². The lowest BCUT2D eigenvalue weighted by atomic mass is 10.7. The van der Waals surface area contributed by atoms with Crippen molar-refractivity contribution in [3.63, 3.8) is 0 Å². The van der Waals surface area contributed by atoms with Gasteiger partial charge in [0.15, 0.2) is 5.16 Å². The van der Waals surface area contributed by atoms with Crippen LogP contribution in [0.4, 0.5) is 13.2 Å². The molecule has 6 heteroatoms. The summed E-state index contributed by atoms with van der Waals surface area (Å²) in [5.74, 6) is 0.